The van der Waals surface area contributed by atoms with Crippen molar-refractivity contribution in [3.63, 3.8) is 0 Å². The maximum absolute atomic E-state index is 12.9. The molecule has 0 aliphatic heterocycles. The fourth-order valence-corrected chi connectivity index (χ4v) is 2.95. The number of nitrogens with one attached hydrogen (secondary N) is 1. The summed E-state index contributed by atoms with van der Waals surface area (Å²) in [7, 11) is 0. The summed E-state index contributed by atoms with van der Waals surface area (Å²) in [6, 6.07) is 9.89. The largest absolute Gasteiger partial charge is 0.491 e. The average Bonchev–Trinajstić information content (AvgIpc) is 2.64. The highest BCUT2D eigenvalue weighted by Crippen LogP contribution is 2.20. The van der Waals surface area contributed by atoms with Gasteiger partial charge in [0.05, 0.1) is 6.04 Å². The molecule has 1 N–H and O–H groups in total. The molecule has 0 aliphatic rings. The maximum Gasteiger partial charge on any atom is 0.254 e. The summed E-state index contributed by atoms with van der Waals surface area (Å²) in [5, 5.41) is 3.37. The van der Waals surface area contributed by atoms with Crippen LogP contribution in [0.3, 0.4) is 0 Å². The van der Waals surface area contributed by atoms with Crippen LogP contribution < -0.4 is 10.1 Å². The molecule has 0 fully saturated rings. The Morgan fingerprint density at radius 1 is 1.19 bits per heavy atom. The van der Waals surface area contributed by atoms with Crippen molar-refractivity contribution < 1.29 is 9.53 Å². The molecular formula is C22H31N3O2. The van der Waals surface area contributed by atoms with Crippen molar-refractivity contribution in [2.45, 2.75) is 53.1 Å². The van der Waals surface area contributed by atoms with Crippen LogP contribution in [0.15, 0.2) is 42.7 Å². The Labute approximate surface area is 162 Å². The molecule has 1 unspecified atom stereocenters. The number of ether oxygens (including phenoxy) is 1. The van der Waals surface area contributed by atoms with Crippen LogP contribution in [0.4, 0.5) is 5.69 Å². The van der Waals surface area contributed by atoms with Gasteiger partial charge in [0.1, 0.15) is 12.4 Å². The fraction of sp³-hybridized carbons (Fsp3) is 0.455. The zero-order valence-corrected chi connectivity index (χ0v) is 17.0. The minimum Gasteiger partial charge on any atom is -0.491 e. The van der Waals surface area contributed by atoms with E-state index in [4.69, 9.17) is 4.74 Å². The topological polar surface area (TPSA) is 54.5 Å². The highest BCUT2D eigenvalue weighted by atomic mass is 16.5. The highest BCUT2D eigenvalue weighted by Gasteiger charge is 2.19. The fourth-order valence-electron chi connectivity index (χ4n) is 2.95. The third-order valence-corrected chi connectivity index (χ3v) is 4.24. The summed E-state index contributed by atoms with van der Waals surface area (Å²) >= 11 is 0. The number of aromatic nitrogens is 1. The number of carbonyl (C=O) groups is 1. The molecule has 0 aliphatic carbocycles. The first-order chi connectivity index (χ1) is 12.9. The van der Waals surface area contributed by atoms with E-state index in [0.29, 0.717) is 12.2 Å². The van der Waals surface area contributed by atoms with E-state index in [1.807, 2.05) is 56.0 Å². The Balaban J connectivity index is 2.04. The summed E-state index contributed by atoms with van der Waals surface area (Å²) in [6.45, 7) is 11.5. The SMILES string of the molecule is CCCN(C(=O)c1cc(C)cc(OCC(C)Nc2ccncc2)c1)C(C)C. The van der Waals surface area contributed by atoms with E-state index in [9.17, 15) is 4.79 Å². The predicted molar refractivity (Wildman–Crippen MR) is 110 cm³/mol. The first kappa shape index (κ1) is 20.7. The van der Waals surface area contributed by atoms with Gasteiger partial charge in [0.2, 0.25) is 0 Å². The van der Waals surface area contributed by atoms with Crippen LogP contribution in [0.1, 0.15) is 50.0 Å². The first-order valence-corrected chi connectivity index (χ1v) is 9.62. The van der Waals surface area contributed by atoms with Crippen molar-refractivity contribution in [2.75, 3.05) is 18.5 Å². The lowest BCUT2D eigenvalue weighted by Gasteiger charge is -2.26. The number of anilines is 1. The Morgan fingerprint density at radius 2 is 1.89 bits per heavy atom. The van der Waals surface area contributed by atoms with Crippen molar-refractivity contribution in [3.8, 4) is 5.75 Å². The minimum atomic E-state index is 0.0587. The zero-order chi connectivity index (χ0) is 19.8. The van der Waals surface area contributed by atoms with E-state index >= 15 is 0 Å². The van der Waals surface area contributed by atoms with Crippen LogP contribution in [0, 0.1) is 6.92 Å². The Hall–Kier alpha value is -2.56. The van der Waals surface area contributed by atoms with E-state index < -0.39 is 0 Å². The molecule has 1 heterocycles. The molecule has 0 saturated carbocycles. The number of nitrogens with zero attached hydrogens (tertiary/aromatic N) is 2. The number of rotatable bonds is 9. The number of benzene rings is 1. The van der Waals surface area contributed by atoms with Gasteiger partial charge in [-0.05, 0) is 70.0 Å². The lowest BCUT2D eigenvalue weighted by Crippen LogP contribution is -2.37. The van der Waals surface area contributed by atoms with Gasteiger partial charge in [0.25, 0.3) is 5.91 Å². The van der Waals surface area contributed by atoms with Crippen LogP contribution in [0.5, 0.6) is 5.75 Å². The smallest absolute Gasteiger partial charge is 0.254 e. The van der Waals surface area contributed by atoms with Gasteiger partial charge >= 0.3 is 0 Å². The van der Waals surface area contributed by atoms with Crippen molar-refractivity contribution in [2.24, 2.45) is 0 Å². The van der Waals surface area contributed by atoms with Gasteiger partial charge in [0.15, 0.2) is 0 Å². The Morgan fingerprint density at radius 3 is 2.52 bits per heavy atom. The molecule has 0 bridgehead atoms. The van der Waals surface area contributed by atoms with E-state index in [1.165, 1.54) is 0 Å². The van der Waals surface area contributed by atoms with Crippen molar-refractivity contribution in [1.29, 1.82) is 0 Å². The van der Waals surface area contributed by atoms with Gasteiger partial charge in [-0.25, -0.2) is 0 Å². The molecular weight excluding hydrogens is 338 g/mol. The van der Waals surface area contributed by atoms with Gasteiger partial charge in [-0.1, -0.05) is 6.92 Å². The molecule has 2 aromatic rings. The van der Waals surface area contributed by atoms with E-state index in [2.05, 4.69) is 24.1 Å². The molecule has 1 aromatic carbocycles. The number of pyridine rings is 1. The first-order valence-electron chi connectivity index (χ1n) is 9.62. The molecule has 1 aromatic heterocycles. The standard InChI is InChI=1S/C22H31N3O2/c1-6-11-25(16(2)3)22(26)19-12-17(4)13-21(14-19)27-15-18(5)24-20-7-9-23-10-8-20/h7-10,12-14,16,18H,6,11,15H2,1-5H3,(H,23,24). The molecule has 5 nitrogen and oxygen atoms in total. The Kier molecular flexibility index (Phi) is 7.65. The molecule has 0 saturated heterocycles. The molecule has 0 radical (unpaired) electrons. The molecule has 27 heavy (non-hydrogen) atoms. The third-order valence-electron chi connectivity index (χ3n) is 4.24. The molecule has 1 atom stereocenters. The van der Waals surface area contributed by atoms with Gasteiger partial charge < -0.3 is 15.0 Å². The zero-order valence-electron chi connectivity index (χ0n) is 17.0. The van der Waals surface area contributed by atoms with Crippen molar-refractivity contribution in [3.05, 3.63) is 53.9 Å². The summed E-state index contributed by atoms with van der Waals surface area (Å²) < 4.78 is 5.96. The van der Waals surface area contributed by atoms with Crippen LogP contribution in [-0.4, -0.2) is 41.0 Å². The van der Waals surface area contributed by atoms with Gasteiger partial charge in [-0.15, -0.1) is 0 Å². The minimum absolute atomic E-state index is 0.0587. The lowest BCUT2D eigenvalue weighted by atomic mass is 10.1. The Bertz CT molecular complexity index is 732. The van der Waals surface area contributed by atoms with Crippen molar-refractivity contribution in [1.82, 2.24) is 9.88 Å². The van der Waals surface area contributed by atoms with Gasteiger partial charge in [0, 0.05) is 36.2 Å². The number of aryl methyl sites for hydroxylation is 1. The van der Waals surface area contributed by atoms with Crippen LogP contribution in [0.2, 0.25) is 0 Å². The van der Waals surface area contributed by atoms with Crippen LogP contribution >= 0.6 is 0 Å². The average molecular weight is 370 g/mol. The highest BCUT2D eigenvalue weighted by molar-refractivity contribution is 5.95. The van der Waals surface area contributed by atoms with Crippen LogP contribution in [0.25, 0.3) is 0 Å². The van der Waals surface area contributed by atoms with Gasteiger partial charge in [-0.3, -0.25) is 9.78 Å². The molecule has 0 spiro atoms. The van der Waals surface area contributed by atoms with Crippen molar-refractivity contribution >= 4 is 11.6 Å². The number of hydrogen-bond acceptors (Lipinski definition) is 4. The number of hydrogen-bond donors (Lipinski definition) is 1. The van der Waals surface area contributed by atoms with Crippen LogP contribution in [-0.2, 0) is 0 Å². The van der Waals surface area contributed by atoms with E-state index in [0.717, 1.165) is 30.0 Å². The normalized spacial score (nSPS) is 11.9. The number of amides is 1. The molecule has 146 valence electrons. The molecule has 2 rings (SSSR count). The summed E-state index contributed by atoms with van der Waals surface area (Å²) in [6.07, 6.45) is 4.45. The number of carbonyl (C=O) groups excluding carboxylic acids is 1. The monoisotopic (exact) mass is 369 g/mol. The van der Waals surface area contributed by atoms with E-state index in [1.54, 1.807) is 12.4 Å². The summed E-state index contributed by atoms with van der Waals surface area (Å²) in [4.78, 5) is 18.8. The second kappa shape index (κ2) is 9.95. The summed E-state index contributed by atoms with van der Waals surface area (Å²) in [5.41, 5.74) is 2.71. The third kappa shape index (κ3) is 6.27. The summed E-state index contributed by atoms with van der Waals surface area (Å²) in [5.74, 6) is 0.783. The molecule has 5 heteroatoms. The second-order valence-electron chi connectivity index (χ2n) is 7.22. The lowest BCUT2D eigenvalue weighted by molar-refractivity contribution is 0.0705. The van der Waals surface area contributed by atoms with Gasteiger partial charge in [-0.2, -0.15) is 0 Å². The quantitative estimate of drug-likeness (QED) is 0.705. The molecule has 1 amide bonds. The predicted octanol–water partition coefficient (Wildman–Crippen LogP) is 4.53. The maximum atomic E-state index is 12.9. The van der Waals surface area contributed by atoms with E-state index in [-0.39, 0.29) is 18.0 Å². The second-order valence-corrected chi connectivity index (χ2v) is 7.22.